The fourth-order valence-corrected chi connectivity index (χ4v) is 1.63. The number of pyridine rings is 2. The summed E-state index contributed by atoms with van der Waals surface area (Å²) in [5, 5.41) is 19.3. The number of hydrogen-bond acceptors (Lipinski definition) is 8. The predicted octanol–water partition coefficient (Wildman–Crippen LogP) is 0.561. The van der Waals surface area contributed by atoms with E-state index in [1.54, 1.807) is 36.4 Å². The molecule has 3 aromatic rings. The maximum Gasteiger partial charge on any atom is 0.298 e. The van der Waals surface area contributed by atoms with Gasteiger partial charge in [0.05, 0.1) is 0 Å². The molecule has 0 aliphatic rings. The third-order valence-corrected chi connectivity index (χ3v) is 2.70. The minimum absolute atomic E-state index is 0.282. The molecule has 10 nitrogen and oxygen atoms in total. The molecule has 2 amide bonds. The minimum Gasteiger partial charge on any atom is -0.304 e. The average molecular weight is 322 g/mol. The van der Waals surface area contributed by atoms with Crippen LogP contribution in [0, 0.1) is 0 Å². The Labute approximate surface area is 135 Å². The maximum atomic E-state index is 11.9. The van der Waals surface area contributed by atoms with Crippen molar-refractivity contribution < 1.29 is 9.59 Å². The molecule has 0 spiro atoms. The summed E-state index contributed by atoms with van der Waals surface area (Å²) >= 11 is 0. The number of nitrogens with zero attached hydrogens (tertiary/aromatic N) is 6. The van der Waals surface area contributed by atoms with Crippen LogP contribution in [0.5, 0.6) is 0 Å². The van der Waals surface area contributed by atoms with Gasteiger partial charge in [0.15, 0.2) is 0 Å². The molecule has 0 aliphatic heterocycles. The van der Waals surface area contributed by atoms with Crippen molar-refractivity contribution in [2.45, 2.75) is 0 Å². The van der Waals surface area contributed by atoms with Crippen molar-refractivity contribution in [1.82, 2.24) is 30.4 Å². The number of nitrogens with one attached hydrogen (secondary N) is 2. The third kappa shape index (κ3) is 3.68. The lowest BCUT2D eigenvalue weighted by molar-refractivity contribution is 0.0990. The van der Waals surface area contributed by atoms with E-state index in [1.807, 2.05) is 0 Å². The van der Waals surface area contributed by atoms with Gasteiger partial charge in [-0.05, 0) is 24.3 Å². The predicted molar refractivity (Wildman–Crippen MR) is 82.0 cm³/mol. The first-order valence-corrected chi connectivity index (χ1v) is 6.74. The van der Waals surface area contributed by atoms with Crippen molar-refractivity contribution in [3.05, 3.63) is 60.4 Å². The van der Waals surface area contributed by atoms with Gasteiger partial charge in [-0.15, -0.1) is 20.4 Å². The van der Waals surface area contributed by atoms with Gasteiger partial charge in [0.25, 0.3) is 23.5 Å². The second-order valence-corrected chi connectivity index (χ2v) is 4.39. The SMILES string of the molecule is O=C(Nc1ccccn1)c1nnc(C(=O)Nc2ccccn2)nn1. The molecule has 2 N–H and O–H groups in total. The van der Waals surface area contributed by atoms with Gasteiger partial charge in [-0.2, -0.15) is 0 Å². The van der Waals surface area contributed by atoms with Crippen molar-refractivity contribution in [2.75, 3.05) is 10.6 Å². The standard InChI is InChI=1S/C14H10N8O2/c23-13(17-9-5-1-3-7-15-9)11-19-21-12(22-20-11)14(24)18-10-6-2-4-8-16-10/h1-8H,(H,15,17,23)(H,16,18,24). The largest absolute Gasteiger partial charge is 0.304 e. The highest BCUT2D eigenvalue weighted by molar-refractivity contribution is 6.02. The monoisotopic (exact) mass is 322 g/mol. The van der Waals surface area contributed by atoms with E-state index in [4.69, 9.17) is 0 Å². The van der Waals surface area contributed by atoms with Crippen LogP contribution in [-0.4, -0.2) is 42.2 Å². The molecule has 118 valence electrons. The van der Waals surface area contributed by atoms with E-state index in [2.05, 4.69) is 41.0 Å². The van der Waals surface area contributed by atoms with E-state index in [0.29, 0.717) is 11.6 Å². The first-order chi connectivity index (χ1) is 11.7. The lowest BCUT2D eigenvalue weighted by atomic mass is 10.4. The van der Waals surface area contributed by atoms with Crippen LogP contribution in [0.15, 0.2) is 48.8 Å². The van der Waals surface area contributed by atoms with Gasteiger partial charge in [-0.1, -0.05) is 12.1 Å². The molecular weight excluding hydrogens is 312 g/mol. The van der Waals surface area contributed by atoms with E-state index in [9.17, 15) is 9.59 Å². The Morgan fingerprint density at radius 1 is 0.667 bits per heavy atom. The maximum absolute atomic E-state index is 11.9. The molecule has 0 saturated heterocycles. The molecule has 0 radical (unpaired) electrons. The Hall–Kier alpha value is -3.82. The van der Waals surface area contributed by atoms with Crippen molar-refractivity contribution in [2.24, 2.45) is 0 Å². The molecule has 0 bridgehead atoms. The number of rotatable bonds is 4. The van der Waals surface area contributed by atoms with Gasteiger partial charge in [-0.3, -0.25) is 9.59 Å². The zero-order valence-corrected chi connectivity index (χ0v) is 12.1. The van der Waals surface area contributed by atoms with Crippen LogP contribution in [0.2, 0.25) is 0 Å². The molecule has 0 saturated carbocycles. The zero-order chi connectivity index (χ0) is 16.8. The average Bonchev–Trinajstić information content (AvgIpc) is 2.63. The molecule has 3 aromatic heterocycles. The summed E-state index contributed by atoms with van der Waals surface area (Å²) < 4.78 is 0. The summed E-state index contributed by atoms with van der Waals surface area (Å²) in [4.78, 5) is 31.7. The number of hydrogen-bond donors (Lipinski definition) is 2. The molecular formula is C14H10N8O2. The fraction of sp³-hybridized carbons (Fsp3) is 0. The number of aromatic nitrogens is 6. The Kier molecular flexibility index (Phi) is 4.38. The molecule has 0 fully saturated rings. The first-order valence-electron chi connectivity index (χ1n) is 6.74. The summed E-state index contributed by atoms with van der Waals surface area (Å²) in [5.74, 6) is -1.16. The van der Waals surface area contributed by atoms with Crippen LogP contribution in [0.3, 0.4) is 0 Å². The van der Waals surface area contributed by atoms with Crippen LogP contribution in [0.25, 0.3) is 0 Å². The number of carbonyl (C=O) groups excluding carboxylic acids is 2. The molecule has 0 unspecified atom stereocenters. The zero-order valence-electron chi connectivity index (χ0n) is 12.1. The molecule has 24 heavy (non-hydrogen) atoms. The highest BCUT2D eigenvalue weighted by atomic mass is 16.2. The van der Waals surface area contributed by atoms with E-state index >= 15 is 0 Å². The van der Waals surface area contributed by atoms with Gasteiger partial charge in [-0.25, -0.2) is 9.97 Å². The quantitative estimate of drug-likeness (QED) is 0.711. The van der Waals surface area contributed by atoms with E-state index in [0.717, 1.165) is 0 Å². The molecule has 0 aromatic carbocycles. The summed E-state index contributed by atoms with van der Waals surface area (Å²) in [6.07, 6.45) is 3.05. The second kappa shape index (κ2) is 6.96. The number of anilines is 2. The lowest BCUT2D eigenvalue weighted by Crippen LogP contribution is -2.22. The van der Waals surface area contributed by atoms with Gasteiger partial charge < -0.3 is 10.6 Å². The van der Waals surface area contributed by atoms with Crippen molar-refractivity contribution >= 4 is 23.5 Å². The van der Waals surface area contributed by atoms with Gasteiger partial charge in [0.1, 0.15) is 11.6 Å². The van der Waals surface area contributed by atoms with E-state index < -0.39 is 11.8 Å². The number of amides is 2. The topological polar surface area (TPSA) is 136 Å². The normalized spacial score (nSPS) is 10.0. The van der Waals surface area contributed by atoms with Crippen molar-refractivity contribution in [3.8, 4) is 0 Å². The molecule has 0 aliphatic carbocycles. The Bertz CT molecular complexity index is 767. The molecule has 10 heteroatoms. The fourth-order valence-electron chi connectivity index (χ4n) is 1.63. The van der Waals surface area contributed by atoms with Crippen LogP contribution < -0.4 is 10.6 Å². The summed E-state index contributed by atoms with van der Waals surface area (Å²) in [6.45, 7) is 0. The van der Waals surface area contributed by atoms with Gasteiger partial charge in [0.2, 0.25) is 0 Å². The highest BCUT2D eigenvalue weighted by Gasteiger charge is 2.16. The van der Waals surface area contributed by atoms with Gasteiger partial charge >= 0.3 is 0 Å². The second-order valence-electron chi connectivity index (χ2n) is 4.39. The Morgan fingerprint density at radius 3 is 1.42 bits per heavy atom. The molecule has 3 rings (SSSR count). The number of carbonyl (C=O) groups is 2. The summed E-state index contributed by atoms with van der Waals surface area (Å²) in [6, 6.07) is 10.1. The van der Waals surface area contributed by atoms with Crippen molar-refractivity contribution in [3.63, 3.8) is 0 Å². The van der Waals surface area contributed by atoms with E-state index in [-0.39, 0.29) is 11.6 Å². The Balaban J connectivity index is 1.66. The smallest absolute Gasteiger partial charge is 0.298 e. The van der Waals surface area contributed by atoms with Crippen LogP contribution in [0.1, 0.15) is 21.2 Å². The minimum atomic E-state index is -0.634. The molecule has 3 heterocycles. The van der Waals surface area contributed by atoms with Gasteiger partial charge in [0, 0.05) is 12.4 Å². The van der Waals surface area contributed by atoms with Crippen molar-refractivity contribution in [1.29, 1.82) is 0 Å². The van der Waals surface area contributed by atoms with Crippen LogP contribution in [-0.2, 0) is 0 Å². The van der Waals surface area contributed by atoms with Crippen LogP contribution >= 0.6 is 0 Å². The summed E-state index contributed by atoms with van der Waals surface area (Å²) in [7, 11) is 0. The highest BCUT2D eigenvalue weighted by Crippen LogP contribution is 2.03. The third-order valence-electron chi connectivity index (χ3n) is 2.70. The lowest BCUT2D eigenvalue weighted by Gasteiger charge is -2.03. The van der Waals surface area contributed by atoms with E-state index in [1.165, 1.54) is 12.4 Å². The van der Waals surface area contributed by atoms with Crippen LogP contribution in [0.4, 0.5) is 11.6 Å². The Morgan fingerprint density at radius 2 is 1.08 bits per heavy atom. The molecule has 0 atom stereocenters. The summed E-state index contributed by atoms with van der Waals surface area (Å²) in [5.41, 5.74) is 0. The first kappa shape index (κ1) is 15.1.